The van der Waals surface area contributed by atoms with E-state index in [1.807, 2.05) is 0 Å². The van der Waals surface area contributed by atoms with E-state index in [1.165, 1.54) is 45.3 Å². The van der Waals surface area contributed by atoms with E-state index in [0.29, 0.717) is 16.0 Å². The Balaban J connectivity index is 2.13. The summed E-state index contributed by atoms with van der Waals surface area (Å²) in [4.78, 5) is 24.5. The molecule has 10 heteroatoms. The first kappa shape index (κ1) is 21.3. The minimum absolute atomic E-state index is 0.0262. The maximum atomic E-state index is 12.4. The summed E-state index contributed by atoms with van der Waals surface area (Å²) >= 11 is 0. The molecule has 28 heavy (non-hydrogen) atoms. The van der Waals surface area contributed by atoms with E-state index in [1.54, 1.807) is 13.0 Å². The van der Waals surface area contributed by atoms with Gasteiger partial charge in [0.15, 0.2) is 18.5 Å². The molecule has 0 spiro atoms. The number of benzene rings is 1. The van der Waals surface area contributed by atoms with E-state index in [0.717, 1.165) is 16.7 Å². The molecule has 0 unspecified atom stereocenters. The van der Waals surface area contributed by atoms with Crippen LogP contribution in [0.2, 0.25) is 0 Å². The topological polar surface area (TPSA) is 120 Å². The highest BCUT2D eigenvalue weighted by atomic mass is 32.2. The zero-order valence-corrected chi connectivity index (χ0v) is 16.7. The summed E-state index contributed by atoms with van der Waals surface area (Å²) in [5.41, 5.74) is 1.07. The zero-order valence-electron chi connectivity index (χ0n) is 15.9. The number of carbonyl (C=O) groups excluding carboxylic acids is 2. The summed E-state index contributed by atoms with van der Waals surface area (Å²) in [5, 5.41) is 13.6. The number of ether oxygens (including phenoxy) is 1. The predicted molar refractivity (Wildman–Crippen MR) is 101 cm³/mol. The van der Waals surface area contributed by atoms with Crippen LogP contribution in [0.15, 0.2) is 47.6 Å². The number of nitrogens with zero attached hydrogens (tertiary/aromatic N) is 2. The van der Waals surface area contributed by atoms with E-state index in [9.17, 15) is 23.2 Å². The van der Waals surface area contributed by atoms with Crippen LogP contribution in [0.25, 0.3) is 0 Å². The number of aryl methyl sites for hydroxylation is 1. The summed E-state index contributed by atoms with van der Waals surface area (Å²) in [6.07, 6.45) is 1.14. The number of carbonyl (C=O) groups is 2. The fourth-order valence-corrected chi connectivity index (χ4v) is 3.10. The van der Waals surface area contributed by atoms with Gasteiger partial charge in [0.25, 0.3) is 5.91 Å². The first-order chi connectivity index (χ1) is 13.0. The minimum Gasteiger partial charge on any atom is -0.619 e. The molecule has 0 aliphatic rings. The molecule has 1 amide bonds. The largest absolute Gasteiger partial charge is 0.619 e. The molecule has 1 atom stereocenters. The first-order valence-corrected chi connectivity index (χ1v) is 9.70. The molecular formula is C18H21N3O6S. The number of esters is 1. The molecule has 150 valence electrons. The first-order valence-electron chi connectivity index (χ1n) is 8.26. The number of aromatic nitrogens is 1. The lowest BCUT2D eigenvalue weighted by Crippen LogP contribution is -2.31. The van der Waals surface area contributed by atoms with Gasteiger partial charge < -0.3 is 15.3 Å². The Morgan fingerprint density at radius 2 is 1.79 bits per heavy atom. The summed E-state index contributed by atoms with van der Waals surface area (Å²) in [6.45, 7) is 3.10. The summed E-state index contributed by atoms with van der Waals surface area (Å²) in [5.74, 6) is -1.38. The van der Waals surface area contributed by atoms with Crippen molar-refractivity contribution in [2.24, 2.45) is 0 Å². The lowest BCUT2D eigenvalue weighted by Gasteiger charge is -2.16. The quantitative estimate of drug-likeness (QED) is 0.434. The van der Waals surface area contributed by atoms with Crippen LogP contribution in [-0.2, 0) is 19.6 Å². The average Bonchev–Trinajstić information content (AvgIpc) is 2.63. The second kappa shape index (κ2) is 8.36. The summed E-state index contributed by atoms with van der Waals surface area (Å²) < 4.78 is 31.2. The number of rotatable bonds is 6. The lowest BCUT2D eigenvalue weighted by atomic mass is 10.2. The molecule has 1 aromatic carbocycles. The van der Waals surface area contributed by atoms with Crippen molar-refractivity contribution in [3.8, 4) is 0 Å². The summed E-state index contributed by atoms with van der Waals surface area (Å²) in [6, 6.07) is 6.92. The average molecular weight is 407 g/mol. The maximum Gasteiger partial charge on any atom is 0.339 e. The number of sulfonamides is 1. The van der Waals surface area contributed by atoms with Crippen molar-refractivity contribution in [2.45, 2.75) is 24.8 Å². The Morgan fingerprint density at radius 1 is 1.18 bits per heavy atom. The highest BCUT2D eigenvalue weighted by molar-refractivity contribution is 7.89. The van der Waals surface area contributed by atoms with Gasteiger partial charge in [0.1, 0.15) is 0 Å². The normalized spacial score (nSPS) is 12.5. The van der Waals surface area contributed by atoms with Crippen molar-refractivity contribution in [1.82, 2.24) is 4.31 Å². The molecule has 1 N–H and O–H groups in total. The third-order valence-corrected chi connectivity index (χ3v) is 5.75. The van der Waals surface area contributed by atoms with Crippen LogP contribution in [0, 0.1) is 12.1 Å². The van der Waals surface area contributed by atoms with Gasteiger partial charge in [-0.15, -0.1) is 0 Å². The van der Waals surface area contributed by atoms with Gasteiger partial charge in [-0.3, -0.25) is 4.79 Å². The second-order valence-electron chi connectivity index (χ2n) is 6.25. The van der Waals surface area contributed by atoms with Crippen molar-refractivity contribution in [1.29, 1.82) is 0 Å². The van der Waals surface area contributed by atoms with Crippen molar-refractivity contribution in [3.63, 3.8) is 0 Å². The van der Waals surface area contributed by atoms with Crippen molar-refractivity contribution in [3.05, 3.63) is 59.1 Å². The summed E-state index contributed by atoms with van der Waals surface area (Å²) in [7, 11) is -0.842. The Bertz CT molecular complexity index is 987. The van der Waals surface area contributed by atoms with Gasteiger partial charge in [-0.05, 0) is 31.5 Å². The van der Waals surface area contributed by atoms with E-state index < -0.39 is 28.0 Å². The van der Waals surface area contributed by atoms with Crippen LogP contribution in [0.4, 0.5) is 5.69 Å². The van der Waals surface area contributed by atoms with E-state index in [2.05, 4.69) is 5.32 Å². The molecule has 0 saturated carbocycles. The molecule has 0 radical (unpaired) electrons. The van der Waals surface area contributed by atoms with Crippen molar-refractivity contribution in [2.75, 3.05) is 19.4 Å². The highest BCUT2D eigenvalue weighted by Crippen LogP contribution is 2.22. The molecule has 0 bridgehead atoms. The van der Waals surface area contributed by atoms with Crippen LogP contribution in [0.1, 0.15) is 22.8 Å². The molecule has 1 heterocycles. The van der Waals surface area contributed by atoms with Crippen molar-refractivity contribution < 1.29 is 27.5 Å². The van der Waals surface area contributed by atoms with Gasteiger partial charge >= 0.3 is 5.97 Å². The monoisotopic (exact) mass is 407 g/mol. The SMILES string of the molecule is Cc1ccc(S(=O)(=O)N(C)C)cc1NC(=O)[C@@H](C)OC(=O)c1cc[n+]([O-])cc1. The smallest absolute Gasteiger partial charge is 0.339 e. The number of anilines is 1. The molecule has 0 aliphatic carbocycles. The molecule has 1 aromatic heterocycles. The Morgan fingerprint density at radius 3 is 2.36 bits per heavy atom. The maximum absolute atomic E-state index is 12.4. The standard InChI is InChI=1S/C18H21N3O6S/c1-12-5-6-15(28(25,26)20(3)4)11-16(12)19-17(22)13(2)27-18(23)14-7-9-21(24)10-8-14/h5-11,13H,1-4H3,(H,19,22)/t13-/m1/s1. The van der Waals surface area contributed by atoms with Crippen LogP contribution < -0.4 is 10.0 Å². The molecule has 0 fully saturated rings. The lowest BCUT2D eigenvalue weighted by molar-refractivity contribution is -0.605. The molecular weight excluding hydrogens is 386 g/mol. The Kier molecular flexibility index (Phi) is 6.37. The number of pyridine rings is 1. The third-order valence-electron chi connectivity index (χ3n) is 3.94. The molecule has 2 aromatic rings. The minimum atomic E-state index is -3.66. The zero-order chi connectivity index (χ0) is 21.1. The molecule has 9 nitrogen and oxygen atoms in total. The predicted octanol–water partition coefficient (Wildman–Crippen LogP) is 1.06. The number of nitrogens with one attached hydrogen (secondary N) is 1. The Hall–Kier alpha value is -2.98. The van der Waals surface area contributed by atoms with Crippen LogP contribution in [0.3, 0.4) is 0 Å². The molecule has 0 aliphatic heterocycles. The number of amides is 1. The highest BCUT2D eigenvalue weighted by Gasteiger charge is 2.22. The van der Waals surface area contributed by atoms with Crippen LogP contribution in [0.5, 0.6) is 0 Å². The van der Waals surface area contributed by atoms with Gasteiger partial charge in [-0.1, -0.05) is 6.07 Å². The molecule has 2 rings (SSSR count). The molecule has 0 saturated heterocycles. The Labute approximate surface area is 163 Å². The fourth-order valence-electron chi connectivity index (χ4n) is 2.17. The van der Waals surface area contributed by atoms with Crippen LogP contribution in [-0.4, -0.2) is 44.8 Å². The van der Waals surface area contributed by atoms with Gasteiger partial charge in [0.2, 0.25) is 10.0 Å². The van der Waals surface area contributed by atoms with Gasteiger partial charge in [0, 0.05) is 31.9 Å². The van der Waals surface area contributed by atoms with Crippen molar-refractivity contribution >= 4 is 27.6 Å². The van der Waals surface area contributed by atoms with Crippen LogP contribution >= 0.6 is 0 Å². The van der Waals surface area contributed by atoms with E-state index in [-0.39, 0.29) is 10.5 Å². The van der Waals surface area contributed by atoms with Gasteiger partial charge in [0.05, 0.1) is 10.5 Å². The fraction of sp³-hybridized carbons (Fsp3) is 0.278. The second-order valence-corrected chi connectivity index (χ2v) is 8.40. The van der Waals surface area contributed by atoms with Gasteiger partial charge in [-0.25, -0.2) is 17.5 Å². The van der Waals surface area contributed by atoms with E-state index in [4.69, 9.17) is 4.74 Å². The third kappa shape index (κ3) is 4.84. The number of hydrogen-bond donors (Lipinski definition) is 1. The number of hydrogen-bond acceptors (Lipinski definition) is 6. The van der Waals surface area contributed by atoms with Gasteiger partial charge in [-0.2, -0.15) is 4.73 Å². The van der Waals surface area contributed by atoms with E-state index >= 15 is 0 Å².